The van der Waals surface area contributed by atoms with Crippen molar-refractivity contribution >= 4 is 17.9 Å². The normalized spacial score (nSPS) is 23.3. The highest BCUT2D eigenvalue weighted by molar-refractivity contribution is 5.89. The Labute approximate surface area is 190 Å². The molecule has 1 saturated heterocycles. The van der Waals surface area contributed by atoms with Crippen LogP contribution in [0.3, 0.4) is 0 Å². The average Bonchev–Trinajstić information content (AvgIpc) is 3.59. The molecule has 0 spiro atoms. The summed E-state index contributed by atoms with van der Waals surface area (Å²) in [5, 5.41) is 3.06. The molecule has 2 fully saturated rings. The fourth-order valence-corrected chi connectivity index (χ4v) is 4.63. The van der Waals surface area contributed by atoms with Gasteiger partial charge in [-0.25, -0.2) is 4.79 Å². The van der Waals surface area contributed by atoms with Crippen LogP contribution in [0.2, 0.25) is 0 Å². The fraction of sp³-hybridized carbons (Fsp3) is 0.640. The van der Waals surface area contributed by atoms with Crippen molar-refractivity contribution in [1.29, 1.82) is 0 Å². The summed E-state index contributed by atoms with van der Waals surface area (Å²) in [7, 11) is 0. The largest absolute Gasteiger partial charge is 0.444 e. The number of likely N-dealkylation sites (tertiary alicyclic amines) is 1. The zero-order valence-corrected chi connectivity index (χ0v) is 19.4. The number of benzene rings is 1. The van der Waals surface area contributed by atoms with Crippen LogP contribution in [0.4, 0.5) is 4.79 Å². The van der Waals surface area contributed by atoms with Crippen LogP contribution in [0, 0.1) is 11.8 Å². The molecule has 0 radical (unpaired) electrons. The Balaban J connectivity index is 1.52. The van der Waals surface area contributed by atoms with Crippen LogP contribution in [-0.2, 0) is 20.7 Å². The van der Waals surface area contributed by atoms with E-state index in [1.807, 2.05) is 45.0 Å². The molecule has 1 aromatic rings. The van der Waals surface area contributed by atoms with Gasteiger partial charge in [0.15, 0.2) is 0 Å². The summed E-state index contributed by atoms with van der Waals surface area (Å²) in [6, 6.07) is 7.10. The van der Waals surface area contributed by atoms with Gasteiger partial charge >= 0.3 is 6.09 Å². The first-order valence-electron chi connectivity index (χ1n) is 11.9. The van der Waals surface area contributed by atoms with Crippen molar-refractivity contribution in [3.8, 4) is 0 Å². The number of carbonyl (C=O) groups is 3. The molecule has 3 aliphatic rings. The molecule has 4 rings (SSSR count). The van der Waals surface area contributed by atoms with Crippen molar-refractivity contribution in [1.82, 2.24) is 15.1 Å². The summed E-state index contributed by atoms with van der Waals surface area (Å²) in [5.41, 5.74) is 1.30. The van der Waals surface area contributed by atoms with Gasteiger partial charge in [0.25, 0.3) is 0 Å². The highest BCUT2D eigenvalue weighted by atomic mass is 16.6. The Hall–Kier alpha value is -2.57. The van der Waals surface area contributed by atoms with Crippen LogP contribution < -0.4 is 5.32 Å². The van der Waals surface area contributed by atoms with Gasteiger partial charge in [0.2, 0.25) is 11.8 Å². The molecular formula is C25H35N3O4. The summed E-state index contributed by atoms with van der Waals surface area (Å²) in [6.07, 6.45) is 4.17. The van der Waals surface area contributed by atoms with Gasteiger partial charge < -0.3 is 15.0 Å². The van der Waals surface area contributed by atoms with E-state index >= 15 is 0 Å². The highest BCUT2D eigenvalue weighted by Crippen LogP contribution is 2.34. The number of fused-ring (bicyclic) bond motifs is 1. The van der Waals surface area contributed by atoms with Crippen LogP contribution in [0.15, 0.2) is 24.3 Å². The van der Waals surface area contributed by atoms with Crippen molar-refractivity contribution in [2.75, 3.05) is 26.2 Å². The fourth-order valence-electron chi connectivity index (χ4n) is 4.63. The maximum atomic E-state index is 13.8. The third-order valence-corrected chi connectivity index (χ3v) is 6.51. The number of rotatable bonds is 4. The Morgan fingerprint density at radius 3 is 2.56 bits per heavy atom. The molecule has 0 bridgehead atoms. The highest BCUT2D eigenvalue weighted by Gasteiger charge is 2.41. The lowest BCUT2D eigenvalue weighted by Crippen LogP contribution is -2.53. The molecule has 2 unspecified atom stereocenters. The van der Waals surface area contributed by atoms with Gasteiger partial charge in [0.05, 0.1) is 5.92 Å². The van der Waals surface area contributed by atoms with E-state index in [0.29, 0.717) is 32.0 Å². The smallest absolute Gasteiger partial charge is 0.411 e. The van der Waals surface area contributed by atoms with E-state index in [2.05, 4.69) is 5.32 Å². The van der Waals surface area contributed by atoms with Gasteiger partial charge in [-0.1, -0.05) is 24.3 Å². The standard InChI is InChI=1S/C25H35N3O4/c1-25(2,3)32-24(31)28-14-12-18-7-4-5-9-20(18)21(28)23(30)27-13-6-8-19(16-27)22(29)26-15-17-10-11-17/h4-5,7,9,17,19,21H,6,8,10-16H2,1-3H3,(H,26,29). The van der Waals surface area contributed by atoms with E-state index in [-0.39, 0.29) is 17.7 Å². The third kappa shape index (κ3) is 5.25. The maximum Gasteiger partial charge on any atom is 0.411 e. The predicted molar refractivity (Wildman–Crippen MR) is 121 cm³/mol. The van der Waals surface area contributed by atoms with E-state index < -0.39 is 17.7 Å². The van der Waals surface area contributed by atoms with Gasteiger partial charge in [-0.2, -0.15) is 0 Å². The number of piperidine rings is 1. The van der Waals surface area contributed by atoms with E-state index in [4.69, 9.17) is 4.74 Å². The molecule has 1 N–H and O–H groups in total. The summed E-state index contributed by atoms with van der Waals surface area (Å²) >= 11 is 0. The first-order chi connectivity index (χ1) is 15.2. The topological polar surface area (TPSA) is 79.0 Å². The zero-order valence-electron chi connectivity index (χ0n) is 19.4. The number of hydrogen-bond donors (Lipinski definition) is 1. The summed E-state index contributed by atoms with van der Waals surface area (Å²) in [4.78, 5) is 42.8. The van der Waals surface area contributed by atoms with Crippen molar-refractivity contribution < 1.29 is 19.1 Å². The molecular weight excluding hydrogens is 406 g/mol. The second-order valence-electron chi connectivity index (χ2n) is 10.3. The van der Waals surface area contributed by atoms with Crippen LogP contribution in [0.5, 0.6) is 0 Å². The molecule has 7 heteroatoms. The van der Waals surface area contributed by atoms with E-state index in [0.717, 1.165) is 30.5 Å². The molecule has 1 saturated carbocycles. The number of carbonyl (C=O) groups excluding carboxylic acids is 3. The minimum atomic E-state index is -0.719. The first kappa shape index (κ1) is 22.6. The number of nitrogens with one attached hydrogen (secondary N) is 1. The van der Waals surface area contributed by atoms with Gasteiger partial charge in [-0.05, 0) is 69.9 Å². The van der Waals surface area contributed by atoms with Crippen LogP contribution in [0.1, 0.15) is 63.6 Å². The first-order valence-corrected chi connectivity index (χ1v) is 11.9. The van der Waals surface area contributed by atoms with Gasteiger partial charge in [0.1, 0.15) is 11.6 Å². The van der Waals surface area contributed by atoms with Crippen molar-refractivity contribution in [2.45, 2.75) is 64.5 Å². The predicted octanol–water partition coefficient (Wildman–Crippen LogP) is 3.29. The minimum absolute atomic E-state index is 0.0439. The molecule has 0 aromatic heterocycles. The zero-order chi connectivity index (χ0) is 22.9. The second-order valence-corrected chi connectivity index (χ2v) is 10.3. The summed E-state index contributed by atoms with van der Waals surface area (Å²) in [6.45, 7) is 7.66. The van der Waals surface area contributed by atoms with E-state index in [9.17, 15) is 14.4 Å². The minimum Gasteiger partial charge on any atom is -0.444 e. The average molecular weight is 442 g/mol. The molecule has 1 aliphatic carbocycles. The lowest BCUT2D eigenvalue weighted by molar-refractivity contribution is -0.141. The molecule has 32 heavy (non-hydrogen) atoms. The van der Waals surface area contributed by atoms with Gasteiger partial charge in [-0.15, -0.1) is 0 Å². The molecule has 2 atom stereocenters. The molecule has 2 heterocycles. The quantitative estimate of drug-likeness (QED) is 0.778. The van der Waals surface area contributed by atoms with Crippen LogP contribution in [-0.4, -0.2) is 59.5 Å². The van der Waals surface area contributed by atoms with Crippen molar-refractivity contribution in [3.63, 3.8) is 0 Å². The number of hydrogen-bond acceptors (Lipinski definition) is 4. The number of nitrogens with zero attached hydrogens (tertiary/aromatic N) is 2. The van der Waals surface area contributed by atoms with E-state index in [1.54, 1.807) is 9.80 Å². The van der Waals surface area contributed by atoms with E-state index in [1.165, 1.54) is 12.8 Å². The molecule has 2 aliphatic heterocycles. The number of amides is 3. The third-order valence-electron chi connectivity index (χ3n) is 6.51. The monoisotopic (exact) mass is 441 g/mol. The molecule has 1 aromatic carbocycles. The second kappa shape index (κ2) is 9.12. The lowest BCUT2D eigenvalue weighted by atomic mass is 9.90. The Morgan fingerprint density at radius 1 is 1.09 bits per heavy atom. The van der Waals surface area contributed by atoms with Crippen molar-refractivity contribution in [3.05, 3.63) is 35.4 Å². The Bertz CT molecular complexity index is 874. The molecule has 3 amide bonds. The molecule has 174 valence electrons. The van der Waals surface area contributed by atoms with Crippen LogP contribution >= 0.6 is 0 Å². The SMILES string of the molecule is CC(C)(C)OC(=O)N1CCc2ccccc2C1C(=O)N1CCCC(C(=O)NCC2CC2)C1. The maximum absolute atomic E-state index is 13.8. The lowest BCUT2D eigenvalue weighted by Gasteiger charge is -2.41. The van der Waals surface area contributed by atoms with Crippen LogP contribution in [0.25, 0.3) is 0 Å². The number of ether oxygens (including phenoxy) is 1. The Kier molecular flexibility index (Phi) is 6.45. The van der Waals surface area contributed by atoms with Gasteiger partial charge in [-0.3, -0.25) is 14.5 Å². The summed E-state index contributed by atoms with van der Waals surface area (Å²) in [5.74, 6) is 0.354. The van der Waals surface area contributed by atoms with Gasteiger partial charge in [0, 0.05) is 26.2 Å². The summed E-state index contributed by atoms with van der Waals surface area (Å²) < 4.78 is 5.63. The van der Waals surface area contributed by atoms with Crippen molar-refractivity contribution in [2.24, 2.45) is 11.8 Å². The molecule has 7 nitrogen and oxygen atoms in total. The Morgan fingerprint density at radius 2 is 1.84 bits per heavy atom.